The number of aromatic nitrogens is 1. The number of anilines is 2. The standard InChI is InChI=1S/C16H14FN3O3/c1-9-6-10(2-3-11(9)17)12(21)7-20-15(22)8-23-13-4-5-14(18)19-16(13)20/h2-6H,7-8H2,1H3,(H2,18,19). The molecular weight excluding hydrogens is 301 g/mol. The second-order valence-corrected chi connectivity index (χ2v) is 5.21. The number of fused-ring (bicyclic) bond motifs is 1. The zero-order chi connectivity index (χ0) is 16.6. The molecule has 0 radical (unpaired) electrons. The van der Waals surface area contributed by atoms with Crippen molar-refractivity contribution in [3.8, 4) is 5.75 Å². The molecule has 0 saturated heterocycles. The highest BCUT2D eigenvalue weighted by Gasteiger charge is 2.29. The maximum Gasteiger partial charge on any atom is 0.266 e. The van der Waals surface area contributed by atoms with Gasteiger partial charge in [0.05, 0.1) is 6.54 Å². The van der Waals surface area contributed by atoms with E-state index in [-0.39, 0.29) is 42.3 Å². The van der Waals surface area contributed by atoms with Crippen molar-refractivity contribution in [3.63, 3.8) is 0 Å². The highest BCUT2D eigenvalue weighted by atomic mass is 19.1. The second-order valence-electron chi connectivity index (χ2n) is 5.21. The molecule has 0 saturated carbocycles. The van der Waals surface area contributed by atoms with Crippen molar-refractivity contribution < 1.29 is 18.7 Å². The van der Waals surface area contributed by atoms with E-state index in [9.17, 15) is 14.0 Å². The van der Waals surface area contributed by atoms with Crippen molar-refractivity contribution in [2.24, 2.45) is 0 Å². The van der Waals surface area contributed by atoms with Crippen LogP contribution in [0.15, 0.2) is 30.3 Å². The topological polar surface area (TPSA) is 85.5 Å². The third kappa shape index (κ3) is 2.85. The molecule has 1 aliphatic heterocycles. The number of nitrogen functional groups attached to an aromatic ring is 1. The number of benzene rings is 1. The van der Waals surface area contributed by atoms with Crippen molar-refractivity contribution in [1.29, 1.82) is 0 Å². The molecule has 2 N–H and O–H groups in total. The van der Waals surface area contributed by atoms with Gasteiger partial charge in [-0.15, -0.1) is 0 Å². The fourth-order valence-corrected chi connectivity index (χ4v) is 2.31. The number of amides is 1. The summed E-state index contributed by atoms with van der Waals surface area (Å²) in [6.45, 7) is 1.19. The number of ether oxygens (including phenoxy) is 1. The molecule has 0 atom stereocenters. The molecule has 23 heavy (non-hydrogen) atoms. The number of aryl methyl sites for hydroxylation is 1. The van der Waals surface area contributed by atoms with Crippen molar-refractivity contribution >= 4 is 23.3 Å². The molecule has 118 valence electrons. The largest absolute Gasteiger partial charge is 0.480 e. The van der Waals surface area contributed by atoms with E-state index in [1.165, 1.54) is 23.1 Å². The molecule has 0 bridgehead atoms. The fraction of sp³-hybridized carbons (Fsp3) is 0.188. The van der Waals surface area contributed by atoms with Gasteiger partial charge in [0.15, 0.2) is 24.0 Å². The Balaban J connectivity index is 1.90. The summed E-state index contributed by atoms with van der Waals surface area (Å²) in [6.07, 6.45) is 0. The van der Waals surface area contributed by atoms with E-state index in [0.29, 0.717) is 16.9 Å². The molecule has 6 nitrogen and oxygen atoms in total. The molecule has 0 unspecified atom stereocenters. The molecule has 1 aromatic heterocycles. The number of carbonyl (C=O) groups excluding carboxylic acids is 2. The highest BCUT2D eigenvalue weighted by molar-refractivity contribution is 6.06. The molecule has 3 rings (SSSR count). The lowest BCUT2D eigenvalue weighted by atomic mass is 10.1. The van der Waals surface area contributed by atoms with Gasteiger partial charge in [0.25, 0.3) is 5.91 Å². The van der Waals surface area contributed by atoms with Crippen molar-refractivity contribution in [1.82, 2.24) is 4.98 Å². The average Bonchev–Trinajstić information content (AvgIpc) is 2.52. The Hall–Kier alpha value is -2.96. The van der Waals surface area contributed by atoms with Gasteiger partial charge in [-0.1, -0.05) is 0 Å². The normalized spacial score (nSPS) is 13.5. The summed E-state index contributed by atoms with van der Waals surface area (Å²) in [5, 5.41) is 0. The number of rotatable bonds is 3. The van der Waals surface area contributed by atoms with E-state index in [1.54, 1.807) is 19.1 Å². The fourth-order valence-electron chi connectivity index (χ4n) is 2.31. The molecule has 7 heteroatoms. The number of hydrogen-bond donors (Lipinski definition) is 1. The maximum absolute atomic E-state index is 13.3. The van der Waals surface area contributed by atoms with E-state index in [0.717, 1.165) is 0 Å². The molecule has 1 aromatic carbocycles. The summed E-state index contributed by atoms with van der Waals surface area (Å²) in [5.41, 5.74) is 6.33. The SMILES string of the molecule is Cc1cc(C(=O)CN2C(=O)COc3ccc(N)nc32)ccc1F. The summed E-state index contributed by atoms with van der Waals surface area (Å²) >= 11 is 0. The van der Waals surface area contributed by atoms with Gasteiger partial charge in [0.1, 0.15) is 11.6 Å². The zero-order valence-corrected chi connectivity index (χ0v) is 12.4. The van der Waals surface area contributed by atoms with Crippen LogP contribution in [0.2, 0.25) is 0 Å². The Morgan fingerprint density at radius 3 is 2.91 bits per heavy atom. The highest BCUT2D eigenvalue weighted by Crippen LogP contribution is 2.30. The van der Waals surface area contributed by atoms with Gasteiger partial charge in [0, 0.05) is 5.56 Å². The Bertz CT molecular complexity index is 807. The summed E-state index contributed by atoms with van der Waals surface area (Å²) in [7, 11) is 0. The van der Waals surface area contributed by atoms with Gasteiger partial charge in [-0.2, -0.15) is 0 Å². The number of nitrogens with zero attached hydrogens (tertiary/aromatic N) is 2. The molecule has 0 fully saturated rings. The van der Waals surface area contributed by atoms with Crippen LogP contribution >= 0.6 is 0 Å². The quantitative estimate of drug-likeness (QED) is 0.872. The second kappa shape index (κ2) is 5.68. The van der Waals surface area contributed by atoms with Crippen LogP contribution in [0.5, 0.6) is 5.75 Å². The summed E-state index contributed by atoms with van der Waals surface area (Å²) in [5.74, 6) is -0.266. The molecule has 2 heterocycles. The first-order valence-corrected chi connectivity index (χ1v) is 6.95. The van der Waals surface area contributed by atoms with Crippen molar-refractivity contribution in [2.45, 2.75) is 6.92 Å². The first kappa shape index (κ1) is 15.0. The van der Waals surface area contributed by atoms with Crippen LogP contribution in [0.3, 0.4) is 0 Å². The third-order valence-electron chi connectivity index (χ3n) is 3.55. The van der Waals surface area contributed by atoms with Crippen LogP contribution in [0.1, 0.15) is 15.9 Å². The summed E-state index contributed by atoms with van der Waals surface area (Å²) in [6, 6.07) is 7.23. The van der Waals surface area contributed by atoms with Gasteiger partial charge >= 0.3 is 0 Å². The molecule has 0 aliphatic carbocycles. The lowest BCUT2D eigenvalue weighted by Gasteiger charge is -2.27. The van der Waals surface area contributed by atoms with Gasteiger partial charge in [0.2, 0.25) is 0 Å². The van der Waals surface area contributed by atoms with Crippen molar-refractivity contribution in [3.05, 3.63) is 47.3 Å². The van der Waals surface area contributed by atoms with Crippen molar-refractivity contribution in [2.75, 3.05) is 23.8 Å². The number of pyridine rings is 1. The monoisotopic (exact) mass is 315 g/mol. The van der Waals surface area contributed by atoms with Crippen LogP contribution in [-0.2, 0) is 4.79 Å². The smallest absolute Gasteiger partial charge is 0.266 e. The maximum atomic E-state index is 13.3. The van der Waals surface area contributed by atoms with Crippen LogP contribution in [0, 0.1) is 12.7 Å². The predicted molar refractivity (Wildman–Crippen MR) is 82.0 cm³/mol. The third-order valence-corrected chi connectivity index (χ3v) is 3.55. The number of carbonyl (C=O) groups is 2. The van der Waals surface area contributed by atoms with Crippen LogP contribution in [0.25, 0.3) is 0 Å². The Morgan fingerprint density at radius 2 is 2.17 bits per heavy atom. The van der Waals surface area contributed by atoms with E-state index in [4.69, 9.17) is 10.5 Å². The minimum atomic E-state index is -0.386. The van der Waals surface area contributed by atoms with E-state index >= 15 is 0 Å². The molecule has 1 amide bonds. The molecule has 0 spiro atoms. The lowest BCUT2D eigenvalue weighted by Crippen LogP contribution is -2.42. The van der Waals surface area contributed by atoms with Crippen LogP contribution in [0.4, 0.5) is 16.0 Å². The molecule has 2 aromatic rings. The Labute approximate surface area is 131 Å². The first-order valence-electron chi connectivity index (χ1n) is 6.95. The predicted octanol–water partition coefficient (Wildman–Crippen LogP) is 1.72. The van der Waals surface area contributed by atoms with E-state index in [2.05, 4.69) is 4.98 Å². The Morgan fingerprint density at radius 1 is 1.39 bits per heavy atom. The molecule has 1 aliphatic rings. The van der Waals surface area contributed by atoms with Gasteiger partial charge in [-0.05, 0) is 42.8 Å². The van der Waals surface area contributed by atoms with Crippen LogP contribution in [-0.4, -0.2) is 29.8 Å². The molecular formula is C16H14FN3O3. The lowest BCUT2D eigenvalue weighted by molar-refractivity contribution is -0.121. The average molecular weight is 315 g/mol. The number of nitrogens with two attached hydrogens (primary N) is 1. The van der Waals surface area contributed by atoms with Gasteiger partial charge in [-0.25, -0.2) is 9.37 Å². The summed E-state index contributed by atoms with van der Waals surface area (Å²) < 4.78 is 18.6. The van der Waals surface area contributed by atoms with E-state index in [1.807, 2.05) is 0 Å². The van der Waals surface area contributed by atoms with E-state index < -0.39 is 0 Å². The van der Waals surface area contributed by atoms with Gasteiger partial charge in [-0.3, -0.25) is 14.5 Å². The zero-order valence-electron chi connectivity index (χ0n) is 12.4. The number of hydrogen-bond acceptors (Lipinski definition) is 5. The van der Waals surface area contributed by atoms with Gasteiger partial charge < -0.3 is 10.5 Å². The minimum absolute atomic E-state index is 0.172. The summed E-state index contributed by atoms with van der Waals surface area (Å²) in [4.78, 5) is 29.8. The first-order chi connectivity index (χ1) is 11.0. The van der Waals surface area contributed by atoms with Crippen LogP contribution < -0.4 is 15.4 Å². The minimum Gasteiger partial charge on any atom is -0.480 e. The number of Topliss-reactive ketones (excluding diaryl/α,β-unsaturated/α-hetero) is 1. The Kier molecular flexibility index (Phi) is 3.69. The number of ketones is 1. The number of halogens is 1.